The standard InChI is InChI=1S/C20H28N4O5/c1-22(20(26)27)6-7-23-10-18-12-24(13-19(11-23)29-18)9-16(25)14-28-17-4-2-15(8-21)3-5-17/h2-5,16,18-19,25H,6-7,9-14H2,1H3,(H,26,27)/t16-,18?,19?/m0/s1. The van der Waals surface area contributed by atoms with Crippen molar-refractivity contribution in [1.29, 1.82) is 5.26 Å². The molecule has 3 rings (SSSR count). The zero-order valence-corrected chi connectivity index (χ0v) is 16.6. The van der Waals surface area contributed by atoms with Gasteiger partial charge in [0.25, 0.3) is 0 Å². The Morgan fingerprint density at radius 2 is 1.90 bits per heavy atom. The molecule has 1 aromatic rings. The van der Waals surface area contributed by atoms with E-state index in [1.807, 2.05) is 0 Å². The normalized spacial score (nSPS) is 23.2. The lowest BCUT2D eigenvalue weighted by Gasteiger charge is -2.46. The van der Waals surface area contributed by atoms with Gasteiger partial charge in [-0.05, 0) is 24.3 Å². The van der Waals surface area contributed by atoms with Crippen LogP contribution in [-0.4, -0.2) is 109 Å². The molecule has 2 aliphatic heterocycles. The Balaban J connectivity index is 1.40. The largest absolute Gasteiger partial charge is 0.491 e. The summed E-state index contributed by atoms with van der Waals surface area (Å²) in [6.07, 6.45) is -1.42. The predicted octanol–water partition coefficient (Wildman–Crippen LogP) is 0.293. The van der Waals surface area contributed by atoms with E-state index < -0.39 is 12.2 Å². The summed E-state index contributed by atoms with van der Waals surface area (Å²) in [5, 5.41) is 28.1. The summed E-state index contributed by atoms with van der Waals surface area (Å²) in [4.78, 5) is 16.7. The molecule has 1 aromatic carbocycles. The van der Waals surface area contributed by atoms with Crippen molar-refractivity contribution >= 4 is 6.09 Å². The predicted molar refractivity (Wildman–Crippen MR) is 105 cm³/mol. The third kappa shape index (κ3) is 6.30. The number of ether oxygens (including phenoxy) is 2. The quantitative estimate of drug-likeness (QED) is 0.636. The number of hydrogen-bond acceptors (Lipinski definition) is 7. The van der Waals surface area contributed by atoms with Crippen LogP contribution in [0.1, 0.15) is 5.56 Å². The molecular weight excluding hydrogens is 376 g/mol. The van der Waals surface area contributed by atoms with Gasteiger partial charge in [-0.1, -0.05) is 0 Å². The highest BCUT2D eigenvalue weighted by Gasteiger charge is 2.35. The molecule has 158 valence electrons. The minimum absolute atomic E-state index is 0.0595. The maximum atomic E-state index is 10.9. The third-order valence-corrected chi connectivity index (χ3v) is 5.21. The first-order valence-electron chi connectivity index (χ1n) is 9.78. The highest BCUT2D eigenvalue weighted by atomic mass is 16.5. The molecule has 9 heteroatoms. The van der Waals surface area contributed by atoms with Crippen LogP contribution in [0.4, 0.5) is 4.79 Å². The first kappa shape index (κ1) is 21.3. The number of morpholine rings is 2. The van der Waals surface area contributed by atoms with Crippen molar-refractivity contribution in [2.75, 3.05) is 59.5 Å². The van der Waals surface area contributed by atoms with E-state index in [9.17, 15) is 9.90 Å². The second-order valence-corrected chi connectivity index (χ2v) is 7.66. The van der Waals surface area contributed by atoms with Gasteiger partial charge in [0.2, 0.25) is 0 Å². The van der Waals surface area contributed by atoms with Crippen LogP contribution in [0.3, 0.4) is 0 Å². The number of amides is 1. The smallest absolute Gasteiger partial charge is 0.407 e. The van der Waals surface area contributed by atoms with Gasteiger partial charge in [0, 0.05) is 52.9 Å². The van der Waals surface area contributed by atoms with Crippen molar-refractivity contribution in [2.45, 2.75) is 18.3 Å². The molecule has 0 aromatic heterocycles. The lowest BCUT2D eigenvalue weighted by molar-refractivity contribution is -0.143. The molecule has 1 amide bonds. The van der Waals surface area contributed by atoms with Crippen LogP contribution in [0, 0.1) is 11.3 Å². The van der Waals surface area contributed by atoms with Crippen LogP contribution in [0.2, 0.25) is 0 Å². The number of nitriles is 1. The van der Waals surface area contributed by atoms with Crippen LogP contribution < -0.4 is 4.74 Å². The topological polar surface area (TPSA) is 110 Å². The van der Waals surface area contributed by atoms with Crippen molar-refractivity contribution < 1.29 is 24.5 Å². The maximum absolute atomic E-state index is 10.9. The van der Waals surface area contributed by atoms with Gasteiger partial charge in [0.15, 0.2) is 0 Å². The zero-order valence-electron chi connectivity index (χ0n) is 16.6. The van der Waals surface area contributed by atoms with Crippen molar-refractivity contribution in [3.05, 3.63) is 29.8 Å². The first-order valence-corrected chi connectivity index (χ1v) is 9.78. The number of likely N-dealkylation sites (N-methyl/N-ethyl adjacent to an activating group) is 1. The lowest BCUT2D eigenvalue weighted by Crippen LogP contribution is -2.61. The second kappa shape index (κ2) is 9.89. The highest BCUT2D eigenvalue weighted by molar-refractivity contribution is 5.64. The summed E-state index contributed by atoms with van der Waals surface area (Å²) in [5.74, 6) is 0.629. The van der Waals surface area contributed by atoms with Gasteiger partial charge in [-0.25, -0.2) is 4.79 Å². The van der Waals surface area contributed by atoms with Crippen LogP contribution in [0.15, 0.2) is 24.3 Å². The summed E-state index contributed by atoms with van der Waals surface area (Å²) in [5.41, 5.74) is 0.571. The number of nitrogens with zero attached hydrogens (tertiary/aromatic N) is 4. The average Bonchev–Trinajstić information content (AvgIpc) is 2.70. The van der Waals surface area contributed by atoms with E-state index in [-0.39, 0.29) is 18.8 Å². The number of carbonyl (C=O) groups is 1. The molecule has 0 radical (unpaired) electrons. The minimum Gasteiger partial charge on any atom is -0.491 e. The number of β-amino-alcohol motifs (C(OH)–C–C–N with tert-alkyl or cyclic N) is 1. The molecule has 2 fully saturated rings. The highest BCUT2D eigenvalue weighted by Crippen LogP contribution is 2.19. The van der Waals surface area contributed by atoms with Gasteiger partial charge in [0.05, 0.1) is 23.8 Å². The fourth-order valence-corrected chi connectivity index (χ4v) is 3.75. The summed E-state index contributed by atoms with van der Waals surface area (Å²) in [6.45, 7) is 4.85. The number of aliphatic hydroxyl groups excluding tert-OH is 1. The number of rotatable bonds is 8. The minimum atomic E-state index is -0.915. The van der Waals surface area contributed by atoms with Gasteiger partial charge in [-0.2, -0.15) is 5.26 Å². The molecule has 29 heavy (non-hydrogen) atoms. The van der Waals surface area contributed by atoms with Crippen LogP contribution in [0.25, 0.3) is 0 Å². The van der Waals surface area contributed by atoms with Crippen LogP contribution in [0.5, 0.6) is 5.75 Å². The van der Waals surface area contributed by atoms with Crippen LogP contribution in [-0.2, 0) is 4.74 Å². The number of aliphatic hydroxyl groups is 1. The molecule has 2 saturated heterocycles. The van der Waals surface area contributed by atoms with Crippen molar-refractivity contribution in [1.82, 2.24) is 14.7 Å². The Kier molecular flexibility index (Phi) is 7.28. The molecule has 2 bridgehead atoms. The molecule has 2 heterocycles. The Hall–Kier alpha value is -2.38. The van der Waals surface area contributed by atoms with Gasteiger partial charge in [0.1, 0.15) is 18.5 Å². The zero-order chi connectivity index (χ0) is 20.8. The van der Waals surface area contributed by atoms with Crippen molar-refractivity contribution in [3.8, 4) is 11.8 Å². The number of carboxylic acid groups (broad SMARTS) is 1. The Morgan fingerprint density at radius 1 is 1.28 bits per heavy atom. The molecule has 0 saturated carbocycles. The number of benzene rings is 1. The summed E-state index contributed by atoms with van der Waals surface area (Å²) >= 11 is 0. The molecule has 0 spiro atoms. The van der Waals surface area contributed by atoms with E-state index in [1.165, 1.54) is 4.90 Å². The van der Waals surface area contributed by atoms with Crippen molar-refractivity contribution in [3.63, 3.8) is 0 Å². The first-order chi connectivity index (χ1) is 13.9. The molecular formula is C20H28N4O5. The fraction of sp³-hybridized carbons (Fsp3) is 0.600. The molecule has 2 N–H and O–H groups in total. The van der Waals surface area contributed by atoms with Gasteiger partial charge in [-0.3, -0.25) is 9.80 Å². The van der Waals surface area contributed by atoms with Gasteiger partial charge in [-0.15, -0.1) is 0 Å². The van der Waals surface area contributed by atoms with E-state index in [2.05, 4.69) is 15.9 Å². The Morgan fingerprint density at radius 3 is 2.48 bits per heavy atom. The Labute approximate surface area is 170 Å². The maximum Gasteiger partial charge on any atom is 0.407 e. The van der Waals surface area contributed by atoms with E-state index in [4.69, 9.17) is 19.8 Å². The van der Waals surface area contributed by atoms with Gasteiger partial charge >= 0.3 is 6.09 Å². The van der Waals surface area contributed by atoms with E-state index in [1.54, 1.807) is 31.3 Å². The average molecular weight is 404 g/mol. The Bertz CT molecular complexity index is 709. The van der Waals surface area contributed by atoms with Crippen molar-refractivity contribution in [2.24, 2.45) is 0 Å². The molecule has 3 atom stereocenters. The summed E-state index contributed by atoms with van der Waals surface area (Å²) in [7, 11) is 1.58. The van der Waals surface area contributed by atoms with E-state index >= 15 is 0 Å². The fourth-order valence-electron chi connectivity index (χ4n) is 3.75. The summed E-state index contributed by atoms with van der Waals surface area (Å²) < 4.78 is 11.6. The number of fused-ring (bicyclic) bond motifs is 2. The summed E-state index contributed by atoms with van der Waals surface area (Å²) in [6, 6.07) is 8.88. The van der Waals surface area contributed by atoms with E-state index in [0.717, 1.165) is 26.2 Å². The lowest BCUT2D eigenvalue weighted by atomic mass is 10.1. The molecule has 9 nitrogen and oxygen atoms in total. The third-order valence-electron chi connectivity index (χ3n) is 5.21. The van der Waals surface area contributed by atoms with E-state index in [0.29, 0.717) is 30.9 Å². The second-order valence-electron chi connectivity index (χ2n) is 7.66. The number of hydrogen-bond donors (Lipinski definition) is 2. The monoisotopic (exact) mass is 404 g/mol. The van der Waals surface area contributed by atoms with Crippen LogP contribution >= 0.6 is 0 Å². The molecule has 0 aliphatic carbocycles. The SMILES string of the molecule is CN(CCN1CC2CN(C[C@H](O)COc3ccc(C#N)cc3)CC(C1)O2)C(=O)O. The molecule has 2 unspecified atom stereocenters. The van der Waals surface area contributed by atoms with Gasteiger partial charge < -0.3 is 24.6 Å². The molecule has 2 aliphatic rings.